The molecule has 2 N–H and O–H groups in total. The quantitative estimate of drug-likeness (QED) is 0.598. The first-order valence-electron chi connectivity index (χ1n) is 9.38. The second-order valence-electron chi connectivity index (χ2n) is 7.17. The molecule has 0 atom stereocenters. The molecule has 3 aromatic rings. The number of nitrogen functional groups attached to an aromatic ring is 1. The first-order valence-corrected chi connectivity index (χ1v) is 9.38. The lowest BCUT2D eigenvalue weighted by atomic mass is 10.1. The number of hydrogen-bond acceptors (Lipinski definition) is 5. The zero-order chi connectivity index (χ0) is 21.8. The van der Waals surface area contributed by atoms with E-state index >= 15 is 0 Å². The van der Waals surface area contributed by atoms with Crippen molar-refractivity contribution in [2.24, 2.45) is 7.05 Å². The molecule has 7 nitrogen and oxygen atoms in total. The number of nitrogens with zero attached hydrogens (tertiary/aromatic N) is 3. The van der Waals surface area contributed by atoms with Crippen molar-refractivity contribution in [2.45, 2.75) is 13.1 Å². The van der Waals surface area contributed by atoms with Crippen LogP contribution >= 0.6 is 0 Å². The number of aromatic nitrogens is 2. The number of nitrogens with two attached hydrogens (primary N) is 1. The van der Waals surface area contributed by atoms with Crippen LogP contribution < -0.4 is 17.0 Å². The Morgan fingerprint density at radius 2 is 1.70 bits per heavy atom. The number of anilines is 1. The summed E-state index contributed by atoms with van der Waals surface area (Å²) in [5.41, 5.74) is 5.76. The van der Waals surface area contributed by atoms with Crippen LogP contribution in [0.4, 0.5) is 10.2 Å². The third-order valence-corrected chi connectivity index (χ3v) is 4.86. The highest BCUT2D eigenvalue weighted by molar-refractivity contribution is 6.01. The van der Waals surface area contributed by atoms with E-state index < -0.39 is 17.0 Å². The first kappa shape index (κ1) is 21.2. The molecular weight excluding hydrogens is 387 g/mol. The van der Waals surface area contributed by atoms with E-state index in [1.165, 1.54) is 17.7 Å². The summed E-state index contributed by atoms with van der Waals surface area (Å²) >= 11 is 0. The summed E-state index contributed by atoms with van der Waals surface area (Å²) < 4.78 is 16.0. The Hall–Kier alpha value is -3.52. The molecule has 0 aliphatic heterocycles. The molecule has 1 aromatic heterocycles. The second kappa shape index (κ2) is 8.87. The SMILES string of the molecule is CN(CC(=O)c1c(N)n(Cc2ccccc2)c(=O)n(C)c1=O)Cc1ccccc1F. The van der Waals surface area contributed by atoms with Crippen LogP contribution in [0.1, 0.15) is 21.5 Å². The van der Waals surface area contributed by atoms with Crippen LogP contribution in [-0.2, 0) is 20.1 Å². The Balaban J connectivity index is 1.91. The molecular formula is C22H23FN4O3. The molecule has 0 bridgehead atoms. The van der Waals surface area contributed by atoms with E-state index in [0.717, 1.165) is 10.1 Å². The van der Waals surface area contributed by atoms with Crippen LogP contribution in [0.25, 0.3) is 0 Å². The fourth-order valence-corrected chi connectivity index (χ4v) is 3.26. The lowest BCUT2D eigenvalue weighted by molar-refractivity contribution is 0.0940. The normalized spacial score (nSPS) is 11.1. The standard InChI is InChI=1S/C22H23FN4O3/c1-25(13-16-10-6-7-11-17(16)23)14-18(28)19-20(24)27(22(30)26(2)21(19)29)12-15-8-4-3-5-9-15/h3-11H,12-14,24H2,1-2H3. The minimum Gasteiger partial charge on any atom is -0.384 e. The maximum absolute atomic E-state index is 13.9. The minimum absolute atomic E-state index is 0.130. The molecule has 0 radical (unpaired) electrons. The molecule has 0 unspecified atom stereocenters. The lowest BCUT2D eigenvalue weighted by Crippen LogP contribution is -2.44. The first-order chi connectivity index (χ1) is 14.3. The van der Waals surface area contributed by atoms with E-state index in [1.54, 1.807) is 30.1 Å². The summed E-state index contributed by atoms with van der Waals surface area (Å²) in [6.07, 6.45) is 0. The minimum atomic E-state index is -0.744. The van der Waals surface area contributed by atoms with Gasteiger partial charge in [0.15, 0.2) is 5.78 Å². The van der Waals surface area contributed by atoms with Gasteiger partial charge in [0, 0.05) is 19.2 Å². The van der Waals surface area contributed by atoms with E-state index in [9.17, 15) is 18.8 Å². The van der Waals surface area contributed by atoms with E-state index in [0.29, 0.717) is 5.56 Å². The van der Waals surface area contributed by atoms with E-state index in [1.807, 2.05) is 30.3 Å². The van der Waals surface area contributed by atoms with Crippen molar-refractivity contribution in [2.75, 3.05) is 19.3 Å². The summed E-state index contributed by atoms with van der Waals surface area (Å²) in [6.45, 7) is 0.157. The van der Waals surface area contributed by atoms with Crippen molar-refractivity contribution < 1.29 is 9.18 Å². The van der Waals surface area contributed by atoms with Gasteiger partial charge >= 0.3 is 5.69 Å². The number of benzene rings is 2. The third kappa shape index (κ3) is 4.38. The van der Waals surface area contributed by atoms with Crippen LogP contribution in [0.5, 0.6) is 0 Å². The third-order valence-electron chi connectivity index (χ3n) is 4.86. The number of hydrogen-bond donors (Lipinski definition) is 1. The van der Waals surface area contributed by atoms with E-state index in [-0.39, 0.29) is 36.8 Å². The monoisotopic (exact) mass is 410 g/mol. The number of carbonyl (C=O) groups excluding carboxylic acids is 1. The summed E-state index contributed by atoms with van der Waals surface area (Å²) in [7, 11) is 2.95. The van der Waals surface area contributed by atoms with Gasteiger partial charge in [0.1, 0.15) is 17.2 Å². The highest BCUT2D eigenvalue weighted by Crippen LogP contribution is 2.12. The zero-order valence-electron chi connectivity index (χ0n) is 16.8. The van der Waals surface area contributed by atoms with Gasteiger partial charge in [-0.2, -0.15) is 0 Å². The number of carbonyl (C=O) groups is 1. The molecule has 0 aliphatic carbocycles. The smallest absolute Gasteiger partial charge is 0.332 e. The average Bonchev–Trinajstić information content (AvgIpc) is 2.72. The van der Waals surface area contributed by atoms with Gasteiger partial charge in [-0.05, 0) is 18.7 Å². The van der Waals surface area contributed by atoms with Gasteiger partial charge in [-0.15, -0.1) is 0 Å². The maximum atomic E-state index is 13.9. The fraction of sp³-hybridized carbons (Fsp3) is 0.227. The Labute approximate surface area is 172 Å². The molecule has 30 heavy (non-hydrogen) atoms. The second-order valence-corrected chi connectivity index (χ2v) is 7.17. The molecule has 8 heteroatoms. The molecule has 0 fully saturated rings. The molecule has 0 amide bonds. The Bertz CT molecular complexity index is 1190. The van der Waals surface area contributed by atoms with Crippen molar-refractivity contribution in [1.29, 1.82) is 0 Å². The molecule has 0 saturated heterocycles. The Morgan fingerprint density at radius 3 is 2.37 bits per heavy atom. The van der Waals surface area contributed by atoms with E-state index in [2.05, 4.69) is 0 Å². The van der Waals surface area contributed by atoms with Gasteiger partial charge in [-0.25, -0.2) is 9.18 Å². The highest BCUT2D eigenvalue weighted by atomic mass is 19.1. The maximum Gasteiger partial charge on any atom is 0.332 e. The van der Waals surface area contributed by atoms with Crippen LogP contribution in [0.15, 0.2) is 64.2 Å². The zero-order valence-corrected chi connectivity index (χ0v) is 16.8. The summed E-state index contributed by atoms with van der Waals surface area (Å²) in [5.74, 6) is -1.08. The Kier molecular flexibility index (Phi) is 6.27. The van der Waals surface area contributed by atoms with E-state index in [4.69, 9.17) is 5.73 Å². The van der Waals surface area contributed by atoms with Gasteiger partial charge in [0.25, 0.3) is 5.56 Å². The van der Waals surface area contributed by atoms with Crippen LogP contribution in [0, 0.1) is 5.82 Å². The molecule has 156 valence electrons. The molecule has 3 rings (SSSR count). The van der Waals surface area contributed by atoms with Crippen molar-refractivity contribution in [3.05, 3.63) is 97.9 Å². The van der Waals surface area contributed by atoms with Crippen LogP contribution in [-0.4, -0.2) is 33.4 Å². The molecule has 2 aromatic carbocycles. The van der Waals surface area contributed by atoms with Crippen molar-refractivity contribution in [3.8, 4) is 0 Å². The van der Waals surface area contributed by atoms with Crippen LogP contribution in [0.2, 0.25) is 0 Å². The van der Waals surface area contributed by atoms with Crippen molar-refractivity contribution in [3.63, 3.8) is 0 Å². The average molecular weight is 410 g/mol. The predicted octanol–water partition coefficient (Wildman–Crippen LogP) is 1.63. The largest absolute Gasteiger partial charge is 0.384 e. The predicted molar refractivity (Wildman–Crippen MR) is 113 cm³/mol. The van der Waals surface area contributed by atoms with Crippen molar-refractivity contribution in [1.82, 2.24) is 14.0 Å². The number of halogens is 1. The van der Waals surface area contributed by atoms with Crippen LogP contribution in [0.3, 0.4) is 0 Å². The molecule has 0 aliphatic rings. The number of Topliss-reactive ketones (excluding diaryl/α,β-unsaturated/α-hetero) is 1. The topological polar surface area (TPSA) is 90.3 Å². The highest BCUT2D eigenvalue weighted by Gasteiger charge is 2.22. The lowest BCUT2D eigenvalue weighted by Gasteiger charge is -2.18. The van der Waals surface area contributed by atoms with Gasteiger partial charge in [-0.3, -0.25) is 23.6 Å². The van der Waals surface area contributed by atoms with Gasteiger partial charge in [0.05, 0.1) is 13.1 Å². The summed E-state index contributed by atoms with van der Waals surface area (Å²) in [6, 6.07) is 15.4. The molecule has 0 saturated carbocycles. The van der Waals surface area contributed by atoms with Gasteiger partial charge in [-0.1, -0.05) is 48.5 Å². The van der Waals surface area contributed by atoms with Gasteiger partial charge < -0.3 is 5.73 Å². The fourth-order valence-electron chi connectivity index (χ4n) is 3.26. The molecule has 1 heterocycles. The van der Waals surface area contributed by atoms with Crippen molar-refractivity contribution >= 4 is 11.6 Å². The number of rotatable bonds is 7. The summed E-state index contributed by atoms with van der Waals surface area (Å²) in [4.78, 5) is 39.7. The van der Waals surface area contributed by atoms with Gasteiger partial charge in [0.2, 0.25) is 0 Å². The number of ketones is 1. The molecule has 0 spiro atoms. The number of likely N-dealkylation sites (N-methyl/N-ethyl adjacent to an activating group) is 1. The Morgan fingerprint density at radius 1 is 1.07 bits per heavy atom. The summed E-state index contributed by atoms with van der Waals surface area (Å²) in [5, 5.41) is 0.